The van der Waals surface area contributed by atoms with Crippen molar-refractivity contribution in [3.05, 3.63) is 41.8 Å². The Morgan fingerprint density at radius 2 is 2.08 bits per heavy atom. The molecule has 0 unspecified atom stereocenters. The van der Waals surface area contributed by atoms with Crippen molar-refractivity contribution in [1.82, 2.24) is 0 Å². The first kappa shape index (κ1) is 9.27. The molecule has 1 aromatic carbocycles. The molecule has 0 saturated carbocycles. The lowest BCUT2D eigenvalue weighted by molar-refractivity contribution is 0.829. The highest BCUT2D eigenvalue weighted by Gasteiger charge is 1.97. The summed E-state index contributed by atoms with van der Waals surface area (Å²) in [5.41, 5.74) is 8.20. The number of aryl methyl sites for hydroxylation is 1. The zero-order valence-electron chi connectivity index (χ0n) is 7.59. The van der Waals surface area contributed by atoms with E-state index in [2.05, 4.69) is 37.6 Å². The van der Waals surface area contributed by atoms with Gasteiger partial charge in [0.2, 0.25) is 0 Å². The second-order valence-electron chi connectivity index (χ2n) is 2.88. The minimum atomic E-state index is 0.776. The summed E-state index contributed by atoms with van der Waals surface area (Å²) >= 11 is 0. The van der Waals surface area contributed by atoms with Gasteiger partial charge in [-0.25, -0.2) is 0 Å². The predicted molar refractivity (Wildman–Crippen MR) is 52.9 cm³/mol. The second-order valence-corrected chi connectivity index (χ2v) is 2.88. The number of rotatable bonds is 4. The average molecular weight is 162 g/mol. The summed E-state index contributed by atoms with van der Waals surface area (Å²) in [6.45, 7) is 2.85. The van der Waals surface area contributed by atoms with Crippen LogP contribution in [-0.4, -0.2) is 6.54 Å². The molecular weight excluding hydrogens is 146 g/mol. The van der Waals surface area contributed by atoms with E-state index < -0.39 is 0 Å². The van der Waals surface area contributed by atoms with Crippen molar-refractivity contribution in [2.24, 2.45) is 5.73 Å². The fourth-order valence-electron chi connectivity index (χ4n) is 1.34. The Bertz CT molecular complexity index is 230. The Morgan fingerprint density at radius 3 is 2.75 bits per heavy atom. The third-order valence-electron chi connectivity index (χ3n) is 2.02. The molecule has 12 heavy (non-hydrogen) atoms. The summed E-state index contributed by atoms with van der Waals surface area (Å²) < 4.78 is 0. The van der Waals surface area contributed by atoms with Gasteiger partial charge in [-0.2, -0.15) is 0 Å². The molecule has 0 heterocycles. The second kappa shape index (κ2) is 4.94. The molecule has 0 bridgehead atoms. The van der Waals surface area contributed by atoms with Gasteiger partial charge in [0.15, 0.2) is 0 Å². The normalized spacial score (nSPS) is 10.2. The van der Waals surface area contributed by atoms with Crippen molar-refractivity contribution in [1.29, 1.82) is 0 Å². The molecule has 65 valence electrons. The van der Waals surface area contributed by atoms with Gasteiger partial charge in [-0.05, 0) is 36.9 Å². The maximum absolute atomic E-state index is 5.46. The minimum absolute atomic E-state index is 0.776. The van der Waals surface area contributed by atoms with Crippen molar-refractivity contribution in [3.63, 3.8) is 0 Å². The van der Waals surface area contributed by atoms with Crippen LogP contribution in [0.2, 0.25) is 0 Å². The summed E-state index contributed by atoms with van der Waals surface area (Å²) in [6, 6.07) is 8.47. The van der Waals surface area contributed by atoms with Crippen molar-refractivity contribution >= 4 is 0 Å². The molecule has 0 aliphatic rings. The molecular formula is C11H16N. The summed E-state index contributed by atoms with van der Waals surface area (Å²) in [5.74, 6) is 0. The third kappa shape index (κ3) is 2.35. The van der Waals surface area contributed by atoms with Gasteiger partial charge in [-0.3, -0.25) is 0 Å². The highest BCUT2D eigenvalue weighted by molar-refractivity contribution is 5.32. The number of hydrogen-bond acceptors (Lipinski definition) is 1. The van der Waals surface area contributed by atoms with E-state index in [1.165, 1.54) is 11.1 Å². The molecule has 0 amide bonds. The fourth-order valence-corrected chi connectivity index (χ4v) is 1.34. The zero-order chi connectivity index (χ0) is 8.81. The van der Waals surface area contributed by atoms with Gasteiger partial charge >= 0.3 is 0 Å². The van der Waals surface area contributed by atoms with Crippen molar-refractivity contribution < 1.29 is 0 Å². The quantitative estimate of drug-likeness (QED) is 0.721. The van der Waals surface area contributed by atoms with E-state index in [0.29, 0.717) is 0 Å². The van der Waals surface area contributed by atoms with Gasteiger partial charge in [0, 0.05) is 0 Å². The smallest absolute Gasteiger partial charge is 0.00741 e. The molecule has 1 aromatic rings. The van der Waals surface area contributed by atoms with E-state index in [-0.39, 0.29) is 0 Å². The summed E-state index contributed by atoms with van der Waals surface area (Å²) in [6.07, 6.45) is 4.31. The van der Waals surface area contributed by atoms with Crippen LogP contribution in [0.1, 0.15) is 24.5 Å². The van der Waals surface area contributed by atoms with Crippen LogP contribution < -0.4 is 5.73 Å². The Balaban J connectivity index is 2.68. The number of hydrogen-bond donors (Lipinski definition) is 1. The Kier molecular flexibility index (Phi) is 3.81. The molecule has 2 N–H and O–H groups in total. The molecule has 0 aliphatic carbocycles. The summed E-state index contributed by atoms with van der Waals surface area (Å²) in [7, 11) is 0. The Labute approximate surface area is 74.6 Å². The third-order valence-corrected chi connectivity index (χ3v) is 2.02. The zero-order valence-corrected chi connectivity index (χ0v) is 7.59. The van der Waals surface area contributed by atoms with Gasteiger partial charge in [-0.15, -0.1) is 0 Å². The van der Waals surface area contributed by atoms with Crippen LogP contribution in [0.5, 0.6) is 0 Å². The van der Waals surface area contributed by atoms with Crippen LogP contribution in [0.3, 0.4) is 0 Å². The molecule has 0 fully saturated rings. The minimum Gasteiger partial charge on any atom is -0.330 e. The Morgan fingerprint density at radius 1 is 1.33 bits per heavy atom. The molecule has 0 saturated heterocycles. The molecule has 1 nitrogen and oxygen atoms in total. The highest BCUT2D eigenvalue weighted by Crippen LogP contribution is 2.12. The van der Waals surface area contributed by atoms with Crippen LogP contribution in [0, 0.1) is 6.42 Å². The van der Waals surface area contributed by atoms with E-state index in [1.54, 1.807) is 0 Å². The predicted octanol–water partition coefficient (Wildman–Crippen LogP) is 2.15. The Hall–Kier alpha value is -0.820. The fraction of sp³-hybridized carbons (Fsp3) is 0.364. The van der Waals surface area contributed by atoms with E-state index in [9.17, 15) is 0 Å². The highest BCUT2D eigenvalue weighted by atomic mass is 14.5. The first-order valence-electron chi connectivity index (χ1n) is 4.46. The van der Waals surface area contributed by atoms with Crippen LogP contribution >= 0.6 is 0 Å². The molecule has 1 rings (SSSR count). The lowest BCUT2D eigenvalue weighted by Gasteiger charge is -2.05. The molecule has 0 spiro atoms. The van der Waals surface area contributed by atoms with Crippen LogP contribution in [0.25, 0.3) is 0 Å². The van der Waals surface area contributed by atoms with E-state index in [4.69, 9.17) is 5.73 Å². The number of benzene rings is 1. The van der Waals surface area contributed by atoms with Crippen molar-refractivity contribution in [2.75, 3.05) is 6.54 Å². The standard InChI is InChI=1S/C11H16N/c1-2-10-6-3-4-7-11(10)8-5-9-12/h2-4,6-7H,5,8-9,12H2,1H3. The SMILES string of the molecule is C[CH]c1ccccc1CCCN. The van der Waals surface area contributed by atoms with Crippen LogP contribution in [0.4, 0.5) is 0 Å². The first-order chi connectivity index (χ1) is 5.88. The summed E-state index contributed by atoms with van der Waals surface area (Å²) in [4.78, 5) is 0. The van der Waals surface area contributed by atoms with E-state index in [0.717, 1.165) is 19.4 Å². The van der Waals surface area contributed by atoms with Crippen molar-refractivity contribution in [2.45, 2.75) is 19.8 Å². The lowest BCUT2D eigenvalue weighted by Crippen LogP contribution is -2.01. The van der Waals surface area contributed by atoms with Gasteiger partial charge in [-0.1, -0.05) is 31.2 Å². The van der Waals surface area contributed by atoms with Gasteiger partial charge < -0.3 is 5.73 Å². The lowest BCUT2D eigenvalue weighted by atomic mass is 10.0. The van der Waals surface area contributed by atoms with Crippen LogP contribution in [-0.2, 0) is 6.42 Å². The molecule has 1 radical (unpaired) electrons. The first-order valence-corrected chi connectivity index (χ1v) is 4.46. The molecule has 0 aliphatic heterocycles. The van der Waals surface area contributed by atoms with Crippen molar-refractivity contribution in [3.8, 4) is 0 Å². The van der Waals surface area contributed by atoms with Gasteiger partial charge in [0.25, 0.3) is 0 Å². The van der Waals surface area contributed by atoms with Crippen LogP contribution in [0.15, 0.2) is 24.3 Å². The topological polar surface area (TPSA) is 26.0 Å². The van der Waals surface area contributed by atoms with E-state index in [1.807, 2.05) is 0 Å². The number of nitrogens with two attached hydrogens (primary N) is 1. The molecule has 0 atom stereocenters. The summed E-state index contributed by atoms with van der Waals surface area (Å²) in [5, 5.41) is 0. The maximum atomic E-state index is 5.46. The van der Waals surface area contributed by atoms with Gasteiger partial charge in [0.05, 0.1) is 0 Å². The molecule has 1 heteroatoms. The maximum Gasteiger partial charge on any atom is -0.00741 e. The monoisotopic (exact) mass is 162 g/mol. The van der Waals surface area contributed by atoms with E-state index >= 15 is 0 Å². The molecule has 0 aromatic heterocycles. The van der Waals surface area contributed by atoms with Gasteiger partial charge in [0.1, 0.15) is 0 Å². The average Bonchev–Trinajstić information content (AvgIpc) is 2.15. The largest absolute Gasteiger partial charge is 0.330 e.